The molecule has 1 aromatic heterocycles. The van der Waals surface area contributed by atoms with Crippen LogP contribution in [0.1, 0.15) is 22.2 Å². The maximum Gasteiger partial charge on any atom is 0.0967 e. The Kier molecular flexibility index (Phi) is 4.29. The molecule has 1 unspecified atom stereocenters. The number of para-hydroxylation sites is 1. The summed E-state index contributed by atoms with van der Waals surface area (Å²) in [6.45, 7) is 0.507. The number of aliphatic hydroxyl groups is 1. The van der Waals surface area contributed by atoms with Crippen LogP contribution in [0.15, 0.2) is 48.5 Å². The van der Waals surface area contributed by atoms with E-state index in [0.717, 1.165) is 26.4 Å². The van der Waals surface area contributed by atoms with Crippen molar-refractivity contribution in [1.82, 2.24) is 4.98 Å². The first-order chi connectivity index (χ1) is 10.3. The van der Waals surface area contributed by atoms with Gasteiger partial charge in [0, 0.05) is 13.5 Å². The van der Waals surface area contributed by atoms with Gasteiger partial charge in [0.05, 0.1) is 27.9 Å². The highest BCUT2D eigenvalue weighted by atomic mass is 32.1. The molecule has 0 bridgehead atoms. The summed E-state index contributed by atoms with van der Waals surface area (Å²) < 4.78 is 6.35. The topological polar surface area (TPSA) is 42.4 Å². The van der Waals surface area contributed by atoms with E-state index in [2.05, 4.69) is 11.1 Å². The van der Waals surface area contributed by atoms with Crippen molar-refractivity contribution in [3.05, 3.63) is 64.7 Å². The van der Waals surface area contributed by atoms with Gasteiger partial charge in [0.25, 0.3) is 0 Å². The molecular weight excluding hydrogens is 282 g/mol. The molecule has 0 amide bonds. The van der Waals surface area contributed by atoms with Gasteiger partial charge in [-0.25, -0.2) is 4.98 Å². The minimum absolute atomic E-state index is 0.507. The Balaban J connectivity index is 1.84. The average molecular weight is 299 g/mol. The van der Waals surface area contributed by atoms with Gasteiger partial charge in [-0.15, -0.1) is 11.3 Å². The Bertz CT molecular complexity index is 705. The number of methoxy groups -OCH3 is 1. The predicted molar refractivity (Wildman–Crippen MR) is 85.4 cm³/mol. The number of aliphatic hydroxyl groups excluding tert-OH is 1. The van der Waals surface area contributed by atoms with Crippen molar-refractivity contribution >= 4 is 21.6 Å². The van der Waals surface area contributed by atoms with Crippen LogP contribution < -0.4 is 0 Å². The van der Waals surface area contributed by atoms with Crippen LogP contribution in [0.5, 0.6) is 0 Å². The zero-order chi connectivity index (χ0) is 14.7. The maximum atomic E-state index is 10.5. The molecule has 0 aliphatic carbocycles. The molecule has 3 aromatic rings. The second-order valence-corrected chi connectivity index (χ2v) is 6.04. The molecule has 21 heavy (non-hydrogen) atoms. The van der Waals surface area contributed by atoms with Gasteiger partial charge in [-0.1, -0.05) is 36.4 Å². The molecule has 2 aromatic carbocycles. The monoisotopic (exact) mass is 299 g/mol. The summed E-state index contributed by atoms with van der Waals surface area (Å²) in [5.41, 5.74) is 2.93. The summed E-state index contributed by atoms with van der Waals surface area (Å²) in [7, 11) is 1.66. The van der Waals surface area contributed by atoms with Gasteiger partial charge in [0.2, 0.25) is 0 Å². The third-order valence-corrected chi connectivity index (χ3v) is 4.48. The zero-order valence-electron chi connectivity index (χ0n) is 11.8. The van der Waals surface area contributed by atoms with Gasteiger partial charge in [-0.2, -0.15) is 0 Å². The number of rotatable bonds is 5. The number of hydrogen-bond acceptors (Lipinski definition) is 4. The lowest BCUT2D eigenvalue weighted by Crippen LogP contribution is -2.05. The minimum Gasteiger partial charge on any atom is -0.388 e. The lowest BCUT2D eigenvalue weighted by Gasteiger charge is -2.14. The molecule has 3 rings (SSSR count). The molecule has 0 aliphatic heterocycles. The fourth-order valence-corrected chi connectivity index (χ4v) is 3.43. The molecule has 1 heterocycles. The van der Waals surface area contributed by atoms with E-state index >= 15 is 0 Å². The summed E-state index contributed by atoms with van der Waals surface area (Å²) >= 11 is 1.64. The first kappa shape index (κ1) is 14.2. The number of benzene rings is 2. The summed E-state index contributed by atoms with van der Waals surface area (Å²) in [4.78, 5) is 4.58. The molecule has 108 valence electrons. The van der Waals surface area contributed by atoms with Crippen molar-refractivity contribution in [2.24, 2.45) is 0 Å². The Morgan fingerprint density at radius 1 is 1.14 bits per heavy atom. The van der Waals surface area contributed by atoms with Crippen LogP contribution in [0.4, 0.5) is 0 Å². The highest BCUT2D eigenvalue weighted by Gasteiger charge is 2.15. The molecule has 0 spiro atoms. The molecular formula is C17H17NO2S. The number of nitrogens with zero attached hydrogens (tertiary/aromatic N) is 1. The molecule has 1 N–H and O–H groups in total. The Hall–Kier alpha value is -1.75. The lowest BCUT2D eigenvalue weighted by atomic mass is 10.0. The molecule has 0 saturated carbocycles. The van der Waals surface area contributed by atoms with Gasteiger partial charge in [-0.05, 0) is 23.3 Å². The number of thiazole rings is 1. The summed E-state index contributed by atoms with van der Waals surface area (Å²) in [5, 5.41) is 11.5. The van der Waals surface area contributed by atoms with Crippen molar-refractivity contribution in [2.45, 2.75) is 19.1 Å². The van der Waals surface area contributed by atoms with E-state index in [4.69, 9.17) is 4.74 Å². The van der Waals surface area contributed by atoms with Crippen molar-refractivity contribution < 1.29 is 9.84 Å². The number of hydrogen-bond donors (Lipinski definition) is 1. The van der Waals surface area contributed by atoms with E-state index in [-0.39, 0.29) is 0 Å². The van der Waals surface area contributed by atoms with Crippen LogP contribution in [-0.4, -0.2) is 17.2 Å². The van der Waals surface area contributed by atoms with Crippen molar-refractivity contribution in [3.63, 3.8) is 0 Å². The highest BCUT2D eigenvalue weighted by Crippen LogP contribution is 2.27. The van der Waals surface area contributed by atoms with Gasteiger partial charge in [0.1, 0.15) is 0 Å². The lowest BCUT2D eigenvalue weighted by molar-refractivity contribution is 0.161. The van der Waals surface area contributed by atoms with Crippen LogP contribution in [0, 0.1) is 0 Å². The minimum atomic E-state index is -0.558. The Labute approximate surface area is 127 Å². The fraction of sp³-hybridized carbons (Fsp3) is 0.235. The standard InChI is InChI=1S/C17H17NO2S/c1-20-11-12-6-2-3-7-13(12)15(19)10-17-18-14-8-4-5-9-16(14)21-17/h2-9,15,19H,10-11H2,1H3. The van der Waals surface area contributed by atoms with Gasteiger partial charge >= 0.3 is 0 Å². The van der Waals surface area contributed by atoms with Gasteiger partial charge in [0.15, 0.2) is 0 Å². The van der Waals surface area contributed by atoms with Gasteiger partial charge in [-0.3, -0.25) is 0 Å². The smallest absolute Gasteiger partial charge is 0.0967 e. The SMILES string of the molecule is COCc1ccccc1C(O)Cc1nc2ccccc2s1. The predicted octanol–water partition coefficient (Wildman–Crippen LogP) is 3.72. The van der Waals surface area contributed by atoms with E-state index in [1.807, 2.05) is 42.5 Å². The van der Waals surface area contributed by atoms with E-state index < -0.39 is 6.10 Å². The van der Waals surface area contributed by atoms with Crippen LogP contribution in [0.25, 0.3) is 10.2 Å². The maximum absolute atomic E-state index is 10.5. The van der Waals surface area contributed by atoms with Gasteiger partial charge < -0.3 is 9.84 Å². The first-order valence-electron chi connectivity index (χ1n) is 6.87. The van der Waals surface area contributed by atoms with Crippen LogP contribution in [0.2, 0.25) is 0 Å². The number of fused-ring (bicyclic) bond motifs is 1. The quantitative estimate of drug-likeness (QED) is 0.781. The van der Waals surface area contributed by atoms with Crippen molar-refractivity contribution in [3.8, 4) is 0 Å². The largest absolute Gasteiger partial charge is 0.388 e. The van der Waals surface area contributed by atoms with E-state index in [0.29, 0.717) is 13.0 Å². The van der Waals surface area contributed by atoms with Crippen LogP contribution in [0.3, 0.4) is 0 Å². The van der Waals surface area contributed by atoms with E-state index in [9.17, 15) is 5.11 Å². The average Bonchev–Trinajstić information content (AvgIpc) is 2.90. The number of ether oxygens (including phenoxy) is 1. The Morgan fingerprint density at radius 3 is 2.71 bits per heavy atom. The fourth-order valence-electron chi connectivity index (χ4n) is 2.43. The summed E-state index contributed by atoms with van der Waals surface area (Å²) in [6, 6.07) is 15.9. The first-order valence-corrected chi connectivity index (χ1v) is 7.69. The second kappa shape index (κ2) is 6.35. The third-order valence-electron chi connectivity index (χ3n) is 3.42. The van der Waals surface area contributed by atoms with E-state index in [1.54, 1.807) is 18.4 Å². The molecule has 4 heteroatoms. The second-order valence-electron chi connectivity index (χ2n) is 4.93. The highest BCUT2D eigenvalue weighted by molar-refractivity contribution is 7.18. The zero-order valence-corrected chi connectivity index (χ0v) is 12.6. The molecule has 0 fully saturated rings. The molecule has 1 atom stereocenters. The van der Waals surface area contributed by atoms with Crippen LogP contribution in [-0.2, 0) is 17.8 Å². The summed E-state index contributed by atoms with van der Waals surface area (Å²) in [5.74, 6) is 0. The normalized spacial score (nSPS) is 12.7. The molecule has 0 aliphatic rings. The summed E-state index contributed by atoms with van der Waals surface area (Å²) in [6.07, 6.45) is -0.0306. The Morgan fingerprint density at radius 2 is 1.90 bits per heavy atom. The number of aromatic nitrogens is 1. The third kappa shape index (κ3) is 3.13. The molecule has 3 nitrogen and oxygen atoms in total. The van der Waals surface area contributed by atoms with Crippen molar-refractivity contribution in [2.75, 3.05) is 7.11 Å². The van der Waals surface area contributed by atoms with E-state index in [1.165, 1.54) is 0 Å². The van der Waals surface area contributed by atoms with Crippen molar-refractivity contribution in [1.29, 1.82) is 0 Å². The van der Waals surface area contributed by atoms with Crippen LogP contribution >= 0.6 is 11.3 Å². The molecule has 0 saturated heterocycles. The molecule has 0 radical (unpaired) electrons.